The number of allylic oxidation sites excluding steroid dienone is 2. The lowest BCUT2D eigenvalue weighted by Gasteiger charge is -2.37. The van der Waals surface area contributed by atoms with E-state index in [1.807, 2.05) is 0 Å². The number of para-hydroxylation sites is 1. The molecule has 2 saturated carbocycles. The maximum Gasteiger partial charge on any atom is 0.343 e. The van der Waals surface area contributed by atoms with Gasteiger partial charge in [-0.1, -0.05) is 24.3 Å². The lowest BCUT2D eigenvalue weighted by molar-refractivity contribution is -0.384. The topological polar surface area (TPSA) is 150 Å². The fourth-order valence-corrected chi connectivity index (χ4v) is 6.92. The summed E-state index contributed by atoms with van der Waals surface area (Å²) >= 11 is 0. The predicted molar refractivity (Wildman–Crippen MR) is 153 cm³/mol. The molecule has 0 aromatic heterocycles. The average Bonchev–Trinajstić information content (AvgIpc) is 3.82. The first-order chi connectivity index (χ1) is 21.2. The molecule has 3 fully saturated rings. The molecule has 5 aliphatic rings. The van der Waals surface area contributed by atoms with Crippen molar-refractivity contribution in [2.45, 2.75) is 6.42 Å². The smallest absolute Gasteiger partial charge is 0.343 e. The van der Waals surface area contributed by atoms with Crippen LogP contribution in [0.15, 0.2) is 84.9 Å². The Morgan fingerprint density at radius 3 is 2.00 bits per heavy atom. The number of non-ortho nitro benzene ring substituents is 1. The largest absolute Gasteiger partial charge is 0.454 e. The number of rotatable bonds is 8. The molecular weight excluding hydrogens is 568 g/mol. The van der Waals surface area contributed by atoms with Crippen molar-refractivity contribution in [1.82, 2.24) is 0 Å². The standard InChI is InChI=1S/C33H24N2O9/c36-27(17-7-11-20(12-8-17)44-32(39)18-5-9-19(10-6-18)35(41)42)16-43-33(40)23-3-1-2-4-26(23)34-30(37)28-21-13-14-22(25-15-24(21)25)29(28)31(34)38/h1-14,21-22,24-25,28-29H,15-16H2. The number of nitrogens with zero attached hydrogens (tertiary/aromatic N) is 2. The molecule has 2 amide bonds. The van der Waals surface area contributed by atoms with Crippen molar-refractivity contribution in [3.8, 4) is 5.75 Å². The van der Waals surface area contributed by atoms with E-state index >= 15 is 0 Å². The van der Waals surface area contributed by atoms with Gasteiger partial charge in [0.15, 0.2) is 12.4 Å². The van der Waals surface area contributed by atoms with Crippen molar-refractivity contribution >= 4 is 40.9 Å². The van der Waals surface area contributed by atoms with Gasteiger partial charge in [-0.25, -0.2) is 14.5 Å². The van der Waals surface area contributed by atoms with Crippen LogP contribution >= 0.6 is 0 Å². The summed E-state index contributed by atoms with van der Waals surface area (Å²) in [5.41, 5.74) is 0.308. The quantitative estimate of drug-likeness (QED) is 0.0705. The van der Waals surface area contributed by atoms with Crippen molar-refractivity contribution in [1.29, 1.82) is 0 Å². The maximum atomic E-state index is 13.6. The number of ether oxygens (including phenoxy) is 2. The number of esters is 2. The molecule has 0 spiro atoms. The molecule has 0 N–H and O–H groups in total. The van der Waals surface area contributed by atoms with E-state index in [1.165, 1.54) is 60.7 Å². The minimum absolute atomic E-state index is 0.0135. The number of anilines is 1. The van der Waals surface area contributed by atoms with Gasteiger partial charge in [0.1, 0.15) is 5.75 Å². The van der Waals surface area contributed by atoms with Gasteiger partial charge in [0.05, 0.1) is 33.6 Å². The van der Waals surface area contributed by atoms with Gasteiger partial charge in [0.2, 0.25) is 11.8 Å². The molecule has 3 aromatic rings. The van der Waals surface area contributed by atoms with Crippen LogP contribution in [0.1, 0.15) is 37.5 Å². The summed E-state index contributed by atoms with van der Waals surface area (Å²) in [6.45, 7) is -0.598. The van der Waals surface area contributed by atoms with Gasteiger partial charge >= 0.3 is 11.9 Å². The van der Waals surface area contributed by atoms with E-state index in [9.17, 15) is 34.1 Å². The molecule has 44 heavy (non-hydrogen) atoms. The highest BCUT2D eigenvalue weighted by Crippen LogP contribution is 2.65. The third-order valence-electron chi connectivity index (χ3n) is 9.06. The van der Waals surface area contributed by atoms with Crippen LogP contribution in [0.4, 0.5) is 11.4 Å². The first kappa shape index (κ1) is 27.4. The molecule has 1 aliphatic heterocycles. The molecule has 1 saturated heterocycles. The van der Waals surface area contributed by atoms with Crippen molar-refractivity contribution < 1.29 is 38.4 Å². The van der Waals surface area contributed by atoms with Gasteiger partial charge in [-0.05, 0) is 78.6 Å². The Bertz CT molecular complexity index is 1740. The summed E-state index contributed by atoms with van der Waals surface area (Å²) in [5.74, 6) is -2.39. The number of imide groups is 1. The van der Waals surface area contributed by atoms with Crippen molar-refractivity contribution in [3.05, 3.63) is 112 Å². The first-order valence-electron chi connectivity index (χ1n) is 14.1. The number of benzene rings is 3. The summed E-state index contributed by atoms with van der Waals surface area (Å²) in [5, 5.41) is 10.8. The highest BCUT2D eigenvalue weighted by Gasteiger charge is 2.67. The van der Waals surface area contributed by atoms with Gasteiger partial charge in [0, 0.05) is 17.7 Å². The van der Waals surface area contributed by atoms with Gasteiger partial charge in [0.25, 0.3) is 5.69 Å². The minimum atomic E-state index is -0.845. The number of nitro benzene ring substituents is 1. The predicted octanol–water partition coefficient (Wildman–Crippen LogP) is 4.41. The van der Waals surface area contributed by atoms with Gasteiger partial charge < -0.3 is 9.47 Å². The molecule has 6 unspecified atom stereocenters. The Morgan fingerprint density at radius 2 is 1.39 bits per heavy atom. The number of amides is 2. The molecule has 3 aromatic carbocycles. The van der Waals surface area contributed by atoms with E-state index in [1.54, 1.807) is 12.1 Å². The zero-order chi connectivity index (χ0) is 30.7. The molecule has 11 nitrogen and oxygen atoms in total. The molecule has 220 valence electrons. The SMILES string of the molecule is O=C(COC(=O)c1ccccc1N1C(=O)C2C3C=CC(C4CC34)C2C1=O)c1ccc(OC(=O)c2ccc([N+](=O)[O-])cc2)cc1. The van der Waals surface area contributed by atoms with Crippen LogP contribution in [0.5, 0.6) is 5.75 Å². The normalized spacial score (nSPS) is 25.7. The van der Waals surface area contributed by atoms with E-state index in [4.69, 9.17) is 9.47 Å². The Morgan fingerprint density at radius 1 is 0.795 bits per heavy atom. The van der Waals surface area contributed by atoms with Crippen LogP contribution in [0.2, 0.25) is 0 Å². The van der Waals surface area contributed by atoms with Gasteiger partial charge in [-0.2, -0.15) is 0 Å². The molecule has 1 heterocycles. The Hall–Kier alpha value is -5.45. The Balaban J connectivity index is 0.994. The van der Waals surface area contributed by atoms with Crippen LogP contribution in [0.3, 0.4) is 0 Å². The number of carbonyl (C=O) groups is 5. The molecule has 4 aliphatic carbocycles. The van der Waals surface area contributed by atoms with Crippen molar-refractivity contribution in [2.75, 3.05) is 11.5 Å². The zero-order valence-corrected chi connectivity index (χ0v) is 23.0. The van der Waals surface area contributed by atoms with Crippen LogP contribution in [0, 0.1) is 45.6 Å². The summed E-state index contributed by atoms with van der Waals surface area (Å²) in [6.07, 6.45) is 5.20. The second-order valence-electron chi connectivity index (χ2n) is 11.4. The van der Waals surface area contributed by atoms with Gasteiger partial charge in [-0.3, -0.25) is 24.5 Å². The van der Waals surface area contributed by atoms with Crippen LogP contribution in [-0.4, -0.2) is 41.1 Å². The Labute approximate surface area is 250 Å². The van der Waals surface area contributed by atoms with E-state index in [2.05, 4.69) is 12.2 Å². The summed E-state index contributed by atoms with van der Waals surface area (Å²) in [6, 6.07) is 16.7. The minimum Gasteiger partial charge on any atom is -0.454 e. The van der Waals surface area contributed by atoms with Crippen LogP contribution in [-0.2, 0) is 14.3 Å². The number of Topliss-reactive ketones (excluding diaryl/α,β-unsaturated/α-hetero) is 1. The van der Waals surface area contributed by atoms with E-state index in [0.29, 0.717) is 11.8 Å². The molecule has 6 atom stereocenters. The fraction of sp³-hybridized carbons (Fsp3) is 0.242. The summed E-state index contributed by atoms with van der Waals surface area (Å²) < 4.78 is 10.6. The zero-order valence-electron chi connectivity index (χ0n) is 23.0. The van der Waals surface area contributed by atoms with E-state index < -0.39 is 41.1 Å². The lowest BCUT2D eigenvalue weighted by Crippen LogP contribution is -2.40. The van der Waals surface area contributed by atoms with Gasteiger partial charge in [-0.15, -0.1) is 0 Å². The molecule has 0 radical (unpaired) electrons. The van der Waals surface area contributed by atoms with Crippen LogP contribution < -0.4 is 9.64 Å². The maximum absolute atomic E-state index is 13.6. The summed E-state index contributed by atoms with van der Waals surface area (Å²) in [4.78, 5) is 76.7. The molecule has 11 heteroatoms. The van der Waals surface area contributed by atoms with Crippen LogP contribution in [0.25, 0.3) is 0 Å². The third-order valence-corrected chi connectivity index (χ3v) is 9.06. The molecule has 2 bridgehead atoms. The highest BCUT2D eigenvalue weighted by molar-refractivity contribution is 6.24. The number of hydrogen-bond donors (Lipinski definition) is 0. The molecule has 8 rings (SSSR count). The number of ketones is 1. The Kier molecular flexibility index (Phi) is 6.45. The number of hydrogen-bond acceptors (Lipinski definition) is 9. The highest BCUT2D eigenvalue weighted by atomic mass is 16.6. The van der Waals surface area contributed by atoms with E-state index in [0.717, 1.165) is 11.3 Å². The average molecular weight is 593 g/mol. The lowest BCUT2D eigenvalue weighted by atomic mass is 9.63. The fourth-order valence-electron chi connectivity index (χ4n) is 6.92. The molecular formula is C33H24N2O9. The van der Waals surface area contributed by atoms with Crippen molar-refractivity contribution in [2.24, 2.45) is 35.5 Å². The second kappa shape index (κ2) is 10.4. The van der Waals surface area contributed by atoms with E-state index in [-0.39, 0.29) is 57.5 Å². The summed E-state index contributed by atoms with van der Waals surface area (Å²) in [7, 11) is 0. The number of carbonyl (C=O) groups excluding carboxylic acids is 5. The van der Waals surface area contributed by atoms with Crippen molar-refractivity contribution in [3.63, 3.8) is 0 Å². The first-order valence-corrected chi connectivity index (χ1v) is 14.1. The third kappa shape index (κ3) is 4.48. The number of nitro groups is 1. The monoisotopic (exact) mass is 592 g/mol. The second-order valence-corrected chi connectivity index (χ2v) is 11.4.